The maximum atomic E-state index is 13.3. The zero-order chi connectivity index (χ0) is 19.1. The van der Waals surface area contributed by atoms with E-state index in [0.29, 0.717) is 18.6 Å². The van der Waals surface area contributed by atoms with Crippen molar-refractivity contribution in [2.24, 2.45) is 11.0 Å². The second-order valence-corrected chi connectivity index (χ2v) is 7.31. The molecule has 0 radical (unpaired) electrons. The van der Waals surface area contributed by atoms with Crippen molar-refractivity contribution in [3.8, 4) is 0 Å². The molecule has 1 aromatic rings. The Morgan fingerprint density at radius 2 is 2.08 bits per heavy atom. The Bertz CT molecular complexity index is 736. The van der Waals surface area contributed by atoms with Crippen LogP contribution in [0.3, 0.4) is 0 Å². The number of hydrogen-bond donors (Lipinski definition) is 1. The summed E-state index contributed by atoms with van der Waals surface area (Å²) in [6, 6.07) is 3.26. The number of benzene rings is 1. The highest BCUT2D eigenvalue weighted by Crippen LogP contribution is 2.39. The van der Waals surface area contributed by atoms with Gasteiger partial charge in [-0.1, -0.05) is 30.5 Å². The average Bonchev–Trinajstić information content (AvgIpc) is 2.75. The van der Waals surface area contributed by atoms with Gasteiger partial charge in [-0.3, -0.25) is 4.79 Å². The van der Waals surface area contributed by atoms with Gasteiger partial charge in [-0.15, -0.1) is 0 Å². The molecule has 1 amide bonds. The molecule has 1 aliphatic carbocycles. The summed E-state index contributed by atoms with van der Waals surface area (Å²) in [6.45, 7) is 1.80. The van der Waals surface area contributed by atoms with E-state index in [2.05, 4.69) is 5.10 Å². The third kappa shape index (κ3) is 3.60. The summed E-state index contributed by atoms with van der Waals surface area (Å²) in [6.07, 6.45) is -4.01. The molecule has 0 unspecified atom stereocenters. The molecule has 1 fully saturated rings. The van der Waals surface area contributed by atoms with Crippen LogP contribution in [0, 0.1) is 12.8 Å². The Morgan fingerprint density at radius 1 is 1.35 bits per heavy atom. The largest absolute Gasteiger partial charge is 0.416 e. The van der Waals surface area contributed by atoms with Crippen LogP contribution in [0.25, 0.3) is 0 Å². The lowest BCUT2D eigenvalue weighted by atomic mass is 9.87. The molecular weight excluding hydrogens is 369 g/mol. The Balaban J connectivity index is 2.00. The number of aliphatic hydroxyl groups excluding tert-OH is 1. The van der Waals surface area contributed by atoms with Gasteiger partial charge in [0.1, 0.15) is 0 Å². The number of hydrazone groups is 1. The van der Waals surface area contributed by atoms with Gasteiger partial charge in [-0.2, -0.15) is 18.3 Å². The van der Waals surface area contributed by atoms with Gasteiger partial charge in [0.25, 0.3) is 5.91 Å². The van der Waals surface area contributed by atoms with E-state index in [0.717, 1.165) is 29.8 Å². The SMILES string of the molecule is Cc1ccc(C(=O)N2N=C3CCCCC[C@@H]3[C@H]2[C@H](O)C(F)(F)F)c(Cl)c1. The van der Waals surface area contributed by atoms with Gasteiger partial charge in [-0.25, -0.2) is 5.01 Å². The van der Waals surface area contributed by atoms with Crippen molar-refractivity contribution >= 4 is 23.2 Å². The fourth-order valence-corrected chi connectivity index (χ4v) is 4.03. The number of hydrogen-bond acceptors (Lipinski definition) is 3. The summed E-state index contributed by atoms with van der Waals surface area (Å²) < 4.78 is 39.8. The highest BCUT2D eigenvalue weighted by Gasteiger charge is 2.53. The van der Waals surface area contributed by atoms with Gasteiger partial charge in [0, 0.05) is 11.6 Å². The second kappa shape index (κ2) is 7.19. The number of nitrogens with zero attached hydrogens (tertiary/aromatic N) is 2. The molecule has 3 rings (SSSR count). The maximum absolute atomic E-state index is 13.3. The van der Waals surface area contributed by atoms with Gasteiger partial charge in [0.05, 0.1) is 16.6 Å². The summed E-state index contributed by atoms with van der Waals surface area (Å²) in [5, 5.41) is 15.1. The maximum Gasteiger partial charge on any atom is 0.416 e. The second-order valence-electron chi connectivity index (χ2n) is 6.91. The molecule has 3 atom stereocenters. The summed E-state index contributed by atoms with van der Waals surface area (Å²) in [5.74, 6) is -1.30. The normalized spacial score (nSPS) is 24.7. The van der Waals surface area contributed by atoms with Crippen LogP contribution in [-0.2, 0) is 0 Å². The van der Waals surface area contributed by atoms with Crippen molar-refractivity contribution in [1.82, 2.24) is 5.01 Å². The van der Waals surface area contributed by atoms with Crippen LogP contribution in [0.4, 0.5) is 13.2 Å². The van der Waals surface area contributed by atoms with Gasteiger partial charge in [0.2, 0.25) is 0 Å². The minimum atomic E-state index is -4.84. The number of aryl methyl sites for hydroxylation is 1. The first-order chi connectivity index (χ1) is 12.2. The first-order valence-electron chi connectivity index (χ1n) is 8.62. The first kappa shape index (κ1) is 19.2. The van der Waals surface area contributed by atoms with E-state index in [9.17, 15) is 23.1 Å². The van der Waals surface area contributed by atoms with E-state index in [1.54, 1.807) is 19.1 Å². The van der Waals surface area contributed by atoms with E-state index in [-0.39, 0.29) is 10.6 Å². The molecule has 1 aromatic carbocycles. The van der Waals surface area contributed by atoms with Crippen molar-refractivity contribution < 1.29 is 23.1 Å². The molecule has 1 aliphatic heterocycles. The zero-order valence-electron chi connectivity index (χ0n) is 14.3. The predicted octanol–water partition coefficient (Wildman–Crippen LogP) is 4.33. The van der Waals surface area contributed by atoms with Crippen LogP contribution >= 0.6 is 11.6 Å². The van der Waals surface area contributed by atoms with Crippen LogP contribution < -0.4 is 0 Å². The summed E-state index contributed by atoms with van der Waals surface area (Å²) in [4.78, 5) is 12.9. The van der Waals surface area contributed by atoms with Crippen molar-refractivity contribution in [2.75, 3.05) is 0 Å². The molecule has 1 N–H and O–H groups in total. The molecule has 0 aromatic heterocycles. The molecule has 0 bridgehead atoms. The Labute approximate surface area is 154 Å². The minimum Gasteiger partial charge on any atom is -0.382 e. The van der Waals surface area contributed by atoms with Crippen molar-refractivity contribution in [2.45, 2.75) is 57.3 Å². The fraction of sp³-hybridized carbons (Fsp3) is 0.556. The van der Waals surface area contributed by atoms with Crippen LogP contribution in [0.2, 0.25) is 5.02 Å². The molecule has 2 aliphatic rings. The standard InChI is InChI=1S/C18H20ClF3N2O2/c1-10-7-8-11(13(19)9-10)17(26)24-15(16(25)18(20,21)22)12-5-3-2-4-6-14(12)23-24/h7-9,12,15-16,25H,2-6H2,1H3/t12-,15-,16-/m0/s1. The Hall–Kier alpha value is -1.60. The fourth-order valence-electron chi connectivity index (χ4n) is 3.71. The predicted molar refractivity (Wildman–Crippen MR) is 92.2 cm³/mol. The minimum absolute atomic E-state index is 0.0810. The molecule has 142 valence electrons. The molecule has 26 heavy (non-hydrogen) atoms. The van der Waals surface area contributed by atoms with Gasteiger partial charge in [0.15, 0.2) is 6.10 Å². The van der Waals surface area contributed by atoms with E-state index >= 15 is 0 Å². The van der Waals surface area contributed by atoms with Crippen molar-refractivity contribution in [3.05, 3.63) is 34.3 Å². The average molecular weight is 389 g/mol. The van der Waals surface area contributed by atoms with Crippen LogP contribution in [0.1, 0.15) is 48.0 Å². The van der Waals surface area contributed by atoms with Crippen LogP contribution in [-0.4, -0.2) is 40.1 Å². The molecule has 1 saturated carbocycles. The summed E-state index contributed by atoms with van der Waals surface area (Å²) in [5.41, 5.74) is 1.47. The monoisotopic (exact) mass is 388 g/mol. The number of halogens is 4. The molecular formula is C18H20ClF3N2O2. The Kier molecular flexibility index (Phi) is 5.30. The first-order valence-corrected chi connectivity index (χ1v) is 9.00. The number of amides is 1. The zero-order valence-corrected chi connectivity index (χ0v) is 15.0. The van der Waals surface area contributed by atoms with Gasteiger partial charge in [-0.05, 0) is 43.9 Å². The lowest BCUT2D eigenvalue weighted by Crippen LogP contribution is -2.51. The number of fused-ring (bicyclic) bond motifs is 1. The number of carbonyl (C=O) groups is 1. The van der Waals surface area contributed by atoms with Gasteiger partial charge >= 0.3 is 6.18 Å². The number of rotatable bonds is 2. The highest BCUT2D eigenvalue weighted by atomic mass is 35.5. The molecule has 0 saturated heterocycles. The number of aliphatic hydroxyl groups is 1. The van der Waals surface area contributed by atoms with Crippen molar-refractivity contribution in [3.63, 3.8) is 0 Å². The summed E-state index contributed by atoms with van der Waals surface area (Å²) >= 11 is 6.12. The molecule has 4 nitrogen and oxygen atoms in total. The number of carbonyl (C=O) groups excluding carboxylic acids is 1. The van der Waals surface area contributed by atoms with E-state index in [1.807, 2.05) is 0 Å². The van der Waals surface area contributed by atoms with Crippen LogP contribution in [0.15, 0.2) is 23.3 Å². The van der Waals surface area contributed by atoms with Crippen LogP contribution in [0.5, 0.6) is 0 Å². The lowest BCUT2D eigenvalue weighted by Gasteiger charge is -2.31. The molecule has 8 heteroatoms. The topological polar surface area (TPSA) is 52.9 Å². The van der Waals surface area contributed by atoms with E-state index < -0.39 is 30.1 Å². The third-order valence-electron chi connectivity index (χ3n) is 5.03. The third-order valence-corrected chi connectivity index (χ3v) is 5.34. The molecule has 1 heterocycles. The van der Waals surface area contributed by atoms with Gasteiger partial charge < -0.3 is 5.11 Å². The quantitative estimate of drug-likeness (QED) is 0.819. The highest BCUT2D eigenvalue weighted by molar-refractivity contribution is 6.34. The van der Waals surface area contributed by atoms with E-state index in [4.69, 9.17) is 11.6 Å². The lowest BCUT2D eigenvalue weighted by molar-refractivity contribution is -0.220. The molecule has 0 spiro atoms. The Morgan fingerprint density at radius 3 is 2.73 bits per heavy atom. The van der Waals surface area contributed by atoms with Crippen molar-refractivity contribution in [1.29, 1.82) is 0 Å². The summed E-state index contributed by atoms with van der Waals surface area (Å²) in [7, 11) is 0. The number of alkyl halides is 3. The van der Waals surface area contributed by atoms with E-state index in [1.165, 1.54) is 6.07 Å². The smallest absolute Gasteiger partial charge is 0.382 e.